The summed E-state index contributed by atoms with van der Waals surface area (Å²) in [6.45, 7) is -0.201. The maximum Gasteiger partial charge on any atom is 0.511 e. The molecule has 8 saturated carbocycles. The number of ether oxygens (including phenoxy) is 5. The zero-order chi connectivity index (χ0) is 62.6. The van der Waals surface area contributed by atoms with Gasteiger partial charge in [0.05, 0.1) is 33.0 Å². The third-order valence-electron chi connectivity index (χ3n) is 15.8. The highest BCUT2D eigenvalue weighted by Gasteiger charge is 2.61. The van der Waals surface area contributed by atoms with Crippen LogP contribution >= 0.6 is 11.6 Å². The highest BCUT2D eigenvalue weighted by molar-refractivity contribution is 7.97. The minimum absolute atomic E-state index is 0. The number of aliphatic hydroxyl groups is 2. The number of carbonyl (C=O) groups is 4. The zero-order valence-corrected chi connectivity index (χ0v) is 50.2. The molecule has 472 valence electrons. The van der Waals surface area contributed by atoms with Crippen molar-refractivity contribution < 1.29 is 84.5 Å². The maximum absolute atomic E-state index is 13.2. The lowest BCUT2D eigenvalue weighted by molar-refractivity contribution is -0.209. The summed E-state index contributed by atoms with van der Waals surface area (Å²) in [7, 11) is -0.379. The molecule has 12 nitrogen and oxygen atoms in total. The SMILES string of the molecule is C.CC(F)(F)C(=O)O.CC(F)(F)C(=O)OCOC(=O)OC12CC3CC(CC(O)(C3)C1)C2.Fc1ccc([S+](c2ccccc2)c2ccccc2)cc1.Fc1ccc([S+](c2ccccc2)c2ccccc2)cc1.O=C(OCCl)OC12CC3CC(CC(O)(C3)C1)C2. The number of benzene rings is 6. The van der Waals surface area contributed by atoms with E-state index in [1.54, 1.807) is 0 Å². The third kappa shape index (κ3) is 18.9. The Labute approximate surface area is 519 Å². The summed E-state index contributed by atoms with van der Waals surface area (Å²) < 4.78 is 98.2. The van der Waals surface area contributed by atoms with Crippen LogP contribution in [0.1, 0.15) is 98.3 Å². The molecule has 14 rings (SSSR count). The second kappa shape index (κ2) is 29.7. The maximum atomic E-state index is 13.2. The average molecular weight is 1280 g/mol. The zero-order valence-electron chi connectivity index (χ0n) is 47.9. The molecule has 0 spiro atoms. The van der Waals surface area contributed by atoms with Crippen LogP contribution < -0.4 is 0 Å². The van der Waals surface area contributed by atoms with Gasteiger partial charge in [0.1, 0.15) is 22.8 Å². The smallest absolute Gasteiger partial charge is 0.477 e. The Bertz CT molecular complexity index is 2990. The van der Waals surface area contributed by atoms with Gasteiger partial charge in [-0.15, -0.1) is 0 Å². The molecule has 0 saturated heterocycles. The number of carbonyl (C=O) groups excluding carboxylic acids is 3. The number of hydrogen-bond acceptors (Lipinski definition) is 11. The summed E-state index contributed by atoms with van der Waals surface area (Å²) in [5.41, 5.74) is -2.66. The number of carboxylic acid groups (broad SMARTS) is 1. The van der Waals surface area contributed by atoms with Crippen LogP contribution in [0.5, 0.6) is 0 Å². The molecule has 8 fully saturated rings. The van der Waals surface area contributed by atoms with Gasteiger partial charge in [-0.25, -0.2) is 28.0 Å². The summed E-state index contributed by atoms with van der Waals surface area (Å²) >= 11 is 5.34. The second-order valence-corrected chi connectivity index (χ2v) is 27.5. The molecule has 3 N–H and O–H groups in total. The first-order chi connectivity index (χ1) is 41.2. The van der Waals surface area contributed by atoms with Crippen molar-refractivity contribution in [2.24, 2.45) is 23.7 Å². The Balaban J connectivity index is 0.000000161. The lowest BCUT2D eigenvalue weighted by Gasteiger charge is -2.58. The highest BCUT2D eigenvalue weighted by Crippen LogP contribution is 2.60. The number of halogens is 7. The molecule has 6 aromatic carbocycles. The Kier molecular flexibility index (Phi) is 23.2. The van der Waals surface area contributed by atoms with E-state index in [9.17, 15) is 55.7 Å². The van der Waals surface area contributed by atoms with E-state index in [0.29, 0.717) is 63.2 Å². The van der Waals surface area contributed by atoms with Crippen LogP contribution in [0.25, 0.3) is 0 Å². The molecular weight excluding hydrogens is 1210 g/mol. The Morgan fingerprint density at radius 2 is 0.761 bits per heavy atom. The fourth-order valence-corrected chi connectivity index (χ4v) is 17.7. The van der Waals surface area contributed by atoms with E-state index in [4.69, 9.17) is 26.2 Å². The molecule has 4 unspecified atom stereocenters. The van der Waals surface area contributed by atoms with Crippen LogP contribution in [-0.2, 0) is 55.1 Å². The topological polar surface area (TPSA) is 175 Å². The fraction of sp³-hybridized carbons (Fsp3) is 0.403. The van der Waals surface area contributed by atoms with E-state index in [1.807, 2.05) is 97.1 Å². The van der Waals surface area contributed by atoms with Gasteiger partial charge in [-0.3, -0.25) is 0 Å². The third-order valence-corrected chi connectivity index (χ3v) is 20.4. The lowest BCUT2D eigenvalue weighted by Crippen LogP contribution is -2.60. The van der Waals surface area contributed by atoms with E-state index in [2.05, 4.69) is 62.7 Å². The van der Waals surface area contributed by atoms with Crippen LogP contribution in [0.2, 0.25) is 0 Å². The van der Waals surface area contributed by atoms with Crippen molar-refractivity contribution in [3.05, 3.63) is 181 Å². The molecule has 88 heavy (non-hydrogen) atoms. The first-order valence-corrected chi connectivity index (χ1v) is 31.3. The van der Waals surface area contributed by atoms with Crippen LogP contribution in [0.15, 0.2) is 199 Å². The quantitative estimate of drug-likeness (QED) is 0.0250. The molecule has 0 amide bonds. The monoisotopic (exact) mass is 1280 g/mol. The van der Waals surface area contributed by atoms with Gasteiger partial charge in [-0.2, -0.15) is 17.6 Å². The van der Waals surface area contributed by atoms with Crippen molar-refractivity contribution in [3.63, 3.8) is 0 Å². The van der Waals surface area contributed by atoms with E-state index in [1.165, 1.54) is 43.8 Å². The van der Waals surface area contributed by atoms with Gasteiger partial charge >= 0.3 is 36.1 Å². The minimum atomic E-state index is -3.64. The van der Waals surface area contributed by atoms with Gasteiger partial charge in [0, 0.05) is 26.7 Å². The summed E-state index contributed by atoms with van der Waals surface area (Å²) in [6.07, 6.45) is 7.61. The Hall–Kier alpha value is -6.71. The van der Waals surface area contributed by atoms with Crippen LogP contribution in [0.3, 0.4) is 0 Å². The molecule has 8 aliphatic rings. The Morgan fingerprint density at radius 1 is 0.477 bits per heavy atom. The largest absolute Gasteiger partial charge is 0.511 e. The normalized spacial score (nSPS) is 24.8. The van der Waals surface area contributed by atoms with Crippen molar-refractivity contribution in [2.75, 3.05) is 12.9 Å². The van der Waals surface area contributed by atoms with Crippen molar-refractivity contribution in [1.82, 2.24) is 0 Å². The van der Waals surface area contributed by atoms with Crippen molar-refractivity contribution in [1.29, 1.82) is 0 Å². The van der Waals surface area contributed by atoms with E-state index >= 15 is 0 Å². The summed E-state index contributed by atoms with van der Waals surface area (Å²) in [4.78, 5) is 50.5. The van der Waals surface area contributed by atoms with Gasteiger partial charge in [0.15, 0.2) is 35.4 Å². The number of esters is 1. The van der Waals surface area contributed by atoms with Crippen LogP contribution in [0, 0.1) is 35.3 Å². The predicted molar refractivity (Wildman–Crippen MR) is 320 cm³/mol. The number of carboxylic acids is 1. The molecule has 8 bridgehead atoms. The molecule has 0 aliphatic heterocycles. The van der Waals surface area contributed by atoms with Gasteiger partial charge < -0.3 is 39.0 Å². The molecule has 6 aromatic rings. The minimum Gasteiger partial charge on any atom is -0.477 e. The average Bonchev–Trinajstić information content (AvgIpc) is 0.759. The molecule has 0 aromatic heterocycles. The second-order valence-electron chi connectivity index (χ2n) is 23.2. The van der Waals surface area contributed by atoms with E-state index in [0.717, 1.165) is 61.2 Å². The summed E-state index contributed by atoms with van der Waals surface area (Å²) in [5, 5.41) is 28.5. The number of aliphatic carboxylic acids is 1. The van der Waals surface area contributed by atoms with Gasteiger partial charge in [0.25, 0.3) is 0 Å². The van der Waals surface area contributed by atoms with E-state index in [-0.39, 0.29) is 46.9 Å². The van der Waals surface area contributed by atoms with Crippen molar-refractivity contribution in [3.8, 4) is 0 Å². The Morgan fingerprint density at radius 3 is 1.02 bits per heavy atom. The molecule has 21 heteroatoms. The molecule has 8 aliphatic carbocycles. The summed E-state index contributed by atoms with van der Waals surface area (Å²) in [6, 6.07) is 54.8. The standard InChI is InChI=1S/2C18H14FS.C15H20F2O6.C12H17ClO4.C3H4F2O2.CH4/c2*19-15-11-13-18(14-12-15)20(16-7-3-1-4-8-16)17-9-5-2-6-10-17;1-13(16,17)11(18)21-8-22-12(19)23-15-5-9-2-10(6-15)4-14(20,3-9)7-15;13-7-16-10(14)17-12-4-8-1-9(5-12)3-11(15,2-8)6-12;1-3(4,5)2(6)7;/h2*1-14H;9-10,20H,2-8H2,1H3;8-9,15H,1-7H2;1H3,(H,6,7);1H4/q2*+1;;;;. The molecule has 4 atom stereocenters. The van der Waals surface area contributed by atoms with E-state index < -0.39 is 65.3 Å². The fourth-order valence-electron chi connectivity index (χ4n) is 13.4. The lowest BCUT2D eigenvalue weighted by atomic mass is 9.52. The molecule has 0 heterocycles. The number of rotatable bonds is 13. The molecular formula is C67H73ClF6O12S2+2. The van der Waals surface area contributed by atoms with Gasteiger partial charge in [-0.1, -0.05) is 91.8 Å². The van der Waals surface area contributed by atoms with Crippen LogP contribution in [0.4, 0.5) is 35.9 Å². The van der Waals surface area contributed by atoms with Crippen molar-refractivity contribution >= 4 is 57.6 Å². The first-order valence-electron chi connectivity index (χ1n) is 28.3. The van der Waals surface area contributed by atoms with Crippen molar-refractivity contribution in [2.45, 2.75) is 162 Å². The van der Waals surface area contributed by atoms with Crippen LogP contribution in [-0.4, -0.2) is 86.7 Å². The van der Waals surface area contributed by atoms with Gasteiger partial charge in [-0.05, 0) is 185 Å². The predicted octanol–water partition coefficient (Wildman–Crippen LogP) is 16.0. The van der Waals surface area contributed by atoms with Gasteiger partial charge in [0.2, 0.25) is 6.79 Å². The number of alkyl halides is 5. The summed E-state index contributed by atoms with van der Waals surface area (Å²) in [5.74, 6) is -9.85. The highest BCUT2D eigenvalue weighted by atomic mass is 35.5. The number of hydrogen-bond donors (Lipinski definition) is 3. The first kappa shape index (κ1) is 68.8. The molecule has 0 radical (unpaired) electrons.